The van der Waals surface area contributed by atoms with Gasteiger partial charge in [-0.1, -0.05) is 72.3 Å². The number of methoxy groups -OCH3 is 3. The molecule has 1 fully saturated rings. The van der Waals surface area contributed by atoms with Crippen molar-refractivity contribution in [3.8, 4) is 17.2 Å². The lowest BCUT2D eigenvalue weighted by Gasteiger charge is -2.34. The minimum Gasteiger partial charge on any atom is -0.493 e. The van der Waals surface area contributed by atoms with Gasteiger partial charge in [-0.25, -0.2) is 0 Å². The van der Waals surface area contributed by atoms with E-state index in [0.717, 1.165) is 50.2 Å². The smallest absolute Gasteiger partial charge is 0.254 e. The van der Waals surface area contributed by atoms with Crippen molar-refractivity contribution in [3.05, 3.63) is 95.1 Å². The molecule has 1 amide bonds. The van der Waals surface area contributed by atoms with Gasteiger partial charge in [0, 0.05) is 44.3 Å². The van der Waals surface area contributed by atoms with Crippen LogP contribution >= 0.6 is 0 Å². The number of carbonyl (C=O) groups is 1. The Balaban J connectivity index is 1.46. The SMILES string of the molecule is COc1cc(C(=O)N(CCCN2CCNC(Cc3ccccc3)C2)C/C(C)=C/c2ccccc2)cc(OC)c1OC. The number of benzene rings is 3. The van der Waals surface area contributed by atoms with Gasteiger partial charge in [-0.15, -0.1) is 0 Å². The Hall–Kier alpha value is -3.81. The molecule has 1 atom stereocenters. The summed E-state index contributed by atoms with van der Waals surface area (Å²) in [6.07, 6.45) is 4.04. The van der Waals surface area contributed by atoms with Crippen molar-refractivity contribution in [1.29, 1.82) is 0 Å². The number of nitrogens with one attached hydrogen (secondary N) is 1. The summed E-state index contributed by atoms with van der Waals surface area (Å²) in [6, 6.07) is 24.8. The van der Waals surface area contributed by atoms with E-state index in [2.05, 4.69) is 65.7 Å². The monoisotopic (exact) mass is 557 g/mol. The number of ether oxygens (including phenoxy) is 3. The molecule has 7 heteroatoms. The highest BCUT2D eigenvalue weighted by Crippen LogP contribution is 2.38. The Labute approximate surface area is 244 Å². The Bertz CT molecular complexity index is 1250. The first-order chi connectivity index (χ1) is 20.0. The molecule has 0 radical (unpaired) electrons. The van der Waals surface area contributed by atoms with Crippen molar-refractivity contribution in [2.45, 2.75) is 25.8 Å². The quantitative estimate of drug-likeness (QED) is 0.313. The van der Waals surface area contributed by atoms with Crippen LogP contribution in [-0.4, -0.2) is 82.3 Å². The molecular weight excluding hydrogens is 514 g/mol. The van der Waals surface area contributed by atoms with Crippen LogP contribution in [0.5, 0.6) is 17.2 Å². The molecule has 0 aromatic heterocycles. The molecule has 1 aliphatic heterocycles. The summed E-state index contributed by atoms with van der Waals surface area (Å²) in [6.45, 7) is 7.18. The van der Waals surface area contributed by atoms with Crippen LogP contribution in [0, 0.1) is 0 Å². The maximum absolute atomic E-state index is 13.9. The number of nitrogens with zero attached hydrogens (tertiary/aromatic N) is 2. The molecule has 1 saturated heterocycles. The highest BCUT2D eigenvalue weighted by molar-refractivity contribution is 5.96. The van der Waals surface area contributed by atoms with Gasteiger partial charge in [0.15, 0.2) is 11.5 Å². The van der Waals surface area contributed by atoms with Crippen molar-refractivity contribution in [2.75, 3.05) is 60.6 Å². The molecule has 3 aromatic carbocycles. The van der Waals surface area contributed by atoms with Gasteiger partial charge in [0.25, 0.3) is 5.91 Å². The Morgan fingerprint density at radius 1 is 0.976 bits per heavy atom. The average molecular weight is 558 g/mol. The molecule has 4 rings (SSSR count). The van der Waals surface area contributed by atoms with Crippen LogP contribution in [0.25, 0.3) is 6.08 Å². The second-order valence-corrected chi connectivity index (χ2v) is 10.5. The molecule has 0 aliphatic carbocycles. The molecular formula is C34H43N3O4. The summed E-state index contributed by atoms with van der Waals surface area (Å²) >= 11 is 0. The lowest BCUT2D eigenvalue weighted by molar-refractivity contribution is 0.0759. The van der Waals surface area contributed by atoms with Gasteiger partial charge in [-0.3, -0.25) is 4.79 Å². The third-order valence-electron chi connectivity index (χ3n) is 7.42. The zero-order valence-corrected chi connectivity index (χ0v) is 24.8. The Morgan fingerprint density at radius 2 is 1.63 bits per heavy atom. The molecule has 0 bridgehead atoms. The molecule has 218 valence electrons. The van der Waals surface area contributed by atoms with E-state index < -0.39 is 0 Å². The van der Waals surface area contributed by atoms with E-state index >= 15 is 0 Å². The van der Waals surface area contributed by atoms with E-state index in [9.17, 15) is 4.79 Å². The predicted octanol–water partition coefficient (Wildman–Crippen LogP) is 5.16. The van der Waals surface area contributed by atoms with E-state index in [0.29, 0.717) is 41.9 Å². The standard InChI is InChI=1S/C34H43N3O4/c1-26(20-27-12-7-5-8-13-27)24-37(34(38)29-22-31(39-2)33(41-4)32(23-29)40-3)18-11-17-36-19-16-35-30(25-36)21-28-14-9-6-10-15-28/h5-10,12-15,20,22-23,30,35H,11,16-19,21,24-25H2,1-4H3/b26-20+. The zero-order chi connectivity index (χ0) is 29.0. The van der Waals surface area contributed by atoms with Crippen molar-refractivity contribution in [3.63, 3.8) is 0 Å². The summed E-state index contributed by atoms with van der Waals surface area (Å²) in [5, 5.41) is 3.67. The molecule has 41 heavy (non-hydrogen) atoms. The molecule has 7 nitrogen and oxygen atoms in total. The Kier molecular flexibility index (Phi) is 11.2. The fraction of sp³-hybridized carbons (Fsp3) is 0.382. The largest absolute Gasteiger partial charge is 0.493 e. The summed E-state index contributed by atoms with van der Waals surface area (Å²) in [4.78, 5) is 18.4. The minimum absolute atomic E-state index is 0.0627. The maximum atomic E-state index is 13.9. The second-order valence-electron chi connectivity index (χ2n) is 10.5. The maximum Gasteiger partial charge on any atom is 0.254 e. The van der Waals surface area contributed by atoms with Gasteiger partial charge in [0.1, 0.15) is 0 Å². The lowest BCUT2D eigenvalue weighted by atomic mass is 10.0. The van der Waals surface area contributed by atoms with Gasteiger partial charge in [0.05, 0.1) is 21.3 Å². The van der Waals surface area contributed by atoms with Crippen LogP contribution in [-0.2, 0) is 6.42 Å². The number of amides is 1. The van der Waals surface area contributed by atoms with Gasteiger partial charge < -0.3 is 29.3 Å². The first kappa shape index (κ1) is 30.2. The van der Waals surface area contributed by atoms with Crippen LogP contribution in [0.3, 0.4) is 0 Å². The fourth-order valence-corrected chi connectivity index (χ4v) is 5.44. The van der Waals surface area contributed by atoms with E-state index in [1.807, 2.05) is 23.1 Å². The third kappa shape index (κ3) is 8.59. The zero-order valence-electron chi connectivity index (χ0n) is 24.8. The van der Waals surface area contributed by atoms with Crippen molar-refractivity contribution < 1.29 is 19.0 Å². The third-order valence-corrected chi connectivity index (χ3v) is 7.42. The molecule has 1 heterocycles. The number of hydrogen-bond donors (Lipinski definition) is 1. The summed E-state index contributed by atoms with van der Waals surface area (Å²) in [5.74, 6) is 1.35. The van der Waals surface area contributed by atoms with Crippen LogP contribution in [0.4, 0.5) is 0 Å². The van der Waals surface area contributed by atoms with Crippen LogP contribution in [0.2, 0.25) is 0 Å². The lowest BCUT2D eigenvalue weighted by Crippen LogP contribution is -2.52. The molecule has 1 aliphatic rings. The van der Waals surface area contributed by atoms with Crippen molar-refractivity contribution in [1.82, 2.24) is 15.1 Å². The van der Waals surface area contributed by atoms with Gasteiger partial charge in [-0.05, 0) is 49.6 Å². The highest BCUT2D eigenvalue weighted by atomic mass is 16.5. The summed E-state index contributed by atoms with van der Waals surface area (Å²) in [5.41, 5.74) is 4.10. The normalized spacial score (nSPS) is 15.8. The molecule has 1 N–H and O–H groups in total. The van der Waals surface area contributed by atoms with Crippen molar-refractivity contribution in [2.24, 2.45) is 0 Å². The number of rotatable bonds is 13. The molecule has 3 aromatic rings. The highest BCUT2D eigenvalue weighted by Gasteiger charge is 2.23. The first-order valence-corrected chi connectivity index (χ1v) is 14.3. The van der Waals surface area contributed by atoms with E-state index in [4.69, 9.17) is 14.2 Å². The predicted molar refractivity (Wildman–Crippen MR) is 165 cm³/mol. The topological polar surface area (TPSA) is 63.3 Å². The summed E-state index contributed by atoms with van der Waals surface area (Å²) < 4.78 is 16.5. The number of hydrogen-bond acceptors (Lipinski definition) is 6. The minimum atomic E-state index is -0.0627. The first-order valence-electron chi connectivity index (χ1n) is 14.3. The number of carbonyl (C=O) groups excluding carboxylic acids is 1. The molecule has 0 saturated carbocycles. The van der Waals surface area contributed by atoms with Crippen LogP contribution in [0.1, 0.15) is 34.8 Å². The average Bonchev–Trinajstić information content (AvgIpc) is 3.00. The summed E-state index contributed by atoms with van der Waals surface area (Å²) in [7, 11) is 4.69. The van der Waals surface area contributed by atoms with E-state index in [-0.39, 0.29) is 5.91 Å². The second kappa shape index (κ2) is 15.3. The molecule has 1 unspecified atom stereocenters. The van der Waals surface area contributed by atoms with E-state index in [1.54, 1.807) is 33.5 Å². The number of piperazine rings is 1. The van der Waals surface area contributed by atoms with Gasteiger partial charge in [0.2, 0.25) is 5.75 Å². The van der Waals surface area contributed by atoms with Crippen LogP contribution in [0.15, 0.2) is 78.4 Å². The van der Waals surface area contributed by atoms with E-state index in [1.165, 1.54) is 5.56 Å². The fourth-order valence-electron chi connectivity index (χ4n) is 5.44. The van der Waals surface area contributed by atoms with Crippen molar-refractivity contribution >= 4 is 12.0 Å². The van der Waals surface area contributed by atoms with Crippen LogP contribution < -0.4 is 19.5 Å². The molecule has 0 spiro atoms. The van der Waals surface area contributed by atoms with Gasteiger partial charge >= 0.3 is 0 Å². The van der Waals surface area contributed by atoms with Gasteiger partial charge in [-0.2, -0.15) is 0 Å². The Morgan fingerprint density at radius 3 is 2.27 bits per heavy atom.